The molecule has 0 radical (unpaired) electrons. The lowest BCUT2D eigenvalue weighted by molar-refractivity contribution is 0.0572. The van der Waals surface area contributed by atoms with E-state index in [-0.39, 0.29) is 0 Å². The van der Waals surface area contributed by atoms with Crippen LogP contribution < -0.4 is 10.6 Å². The molecule has 2 rings (SSSR count). The van der Waals surface area contributed by atoms with Gasteiger partial charge in [-0.2, -0.15) is 0 Å². The Hall–Kier alpha value is -0.690. The van der Waals surface area contributed by atoms with Crippen LogP contribution in [0.2, 0.25) is 0 Å². The minimum atomic E-state index is -0.724. The van der Waals surface area contributed by atoms with Crippen LogP contribution in [-0.2, 0) is 0 Å². The van der Waals surface area contributed by atoms with Crippen LogP contribution in [0.5, 0.6) is 0 Å². The average Bonchev–Trinajstić information content (AvgIpc) is 2.59. The zero-order valence-corrected chi connectivity index (χ0v) is 11.4. The van der Waals surface area contributed by atoms with Gasteiger partial charge in [0.25, 0.3) is 0 Å². The van der Waals surface area contributed by atoms with Gasteiger partial charge >= 0.3 is 0 Å². The summed E-state index contributed by atoms with van der Waals surface area (Å²) in [5.74, 6) is 0. The SMILES string of the molecule is NC(=S)c1cc(Br)ccc1N1CC(O)C(O)C1. The number of anilines is 1. The molecule has 0 spiro atoms. The van der Waals surface area contributed by atoms with Crippen molar-refractivity contribution < 1.29 is 10.2 Å². The summed E-state index contributed by atoms with van der Waals surface area (Å²) in [4.78, 5) is 2.19. The van der Waals surface area contributed by atoms with Gasteiger partial charge in [-0.15, -0.1) is 0 Å². The molecule has 1 aliphatic rings. The van der Waals surface area contributed by atoms with Gasteiger partial charge in [0.2, 0.25) is 0 Å². The van der Waals surface area contributed by atoms with Gasteiger partial charge in [-0.25, -0.2) is 0 Å². The van der Waals surface area contributed by atoms with Crippen LogP contribution in [0.1, 0.15) is 5.56 Å². The molecule has 2 unspecified atom stereocenters. The molecule has 4 N–H and O–H groups in total. The first-order valence-electron chi connectivity index (χ1n) is 5.19. The lowest BCUT2D eigenvalue weighted by Crippen LogP contribution is -2.24. The fourth-order valence-corrected chi connectivity index (χ4v) is 2.47. The highest BCUT2D eigenvalue weighted by atomic mass is 79.9. The average molecular weight is 317 g/mol. The molecular formula is C11H13BrN2O2S. The van der Waals surface area contributed by atoms with E-state index < -0.39 is 12.2 Å². The molecule has 1 aliphatic heterocycles. The first-order chi connectivity index (χ1) is 7.99. The molecular weight excluding hydrogens is 304 g/mol. The molecule has 6 heteroatoms. The van der Waals surface area contributed by atoms with Crippen LogP contribution in [0, 0.1) is 0 Å². The quantitative estimate of drug-likeness (QED) is 0.698. The fourth-order valence-electron chi connectivity index (χ4n) is 1.95. The lowest BCUT2D eigenvalue weighted by Gasteiger charge is -2.21. The van der Waals surface area contributed by atoms with Crippen molar-refractivity contribution in [3.05, 3.63) is 28.2 Å². The molecule has 1 heterocycles. The zero-order valence-electron chi connectivity index (χ0n) is 9.01. The predicted octanol–water partition coefficient (Wildman–Crippen LogP) is 0.625. The smallest absolute Gasteiger partial charge is 0.106 e. The molecule has 1 saturated heterocycles. The number of rotatable bonds is 2. The van der Waals surface area contributed by atoms with Crippen molar-refractivity contribution >= 4 is 38.8 Å². The predicted molar refractivity (Wildman–Crippen MR) is 74.3 cm³/mol. The maximum atomic E-state index is 9.55. The second-order valence-corrected chi connectivity index (χ2v) is 5.42. The number of nitrogens with zero attached hydrogens (tertiary/aromatic N) is 1. The summed E-state index contributed by atoms with van der Waals surface area (Å²) < 4.78 is 0.893. The molecule has 1 aromatic carbocycles. The second-order valence-electron chi connectivity index (χ2n) is 4.07. The monoisotopic (exact) mass is 316 g/mol. The van der Waals surface area contributed by atoms with E-state index in [0.717, 1.165) is 15.7 Å². The van der Waals surface area contributed by atoms with Crippen molar-refractivity contribution in [2.75, 3.05) is 18.0 Å². The largest absolute Gasteiger partial charge is 0.389 e. The number of nitrogens with two attached hydrogens (primary N) is 1. The summed E-state index contributed by atoms with van der Waals surface area (Å²) >= 11 is 8.37. The zero-order chi connectivity index (χ0) is 12.6. The number of benzene rings is 1. The molecule has 1 fully saturated rings. The van der Waals surface area contributed by atoms with E-state index in [9.17, 15) is 10.2 Å². The number of β-amino-alcohol motifs (C(OH)–C–C–N with tert-alkyl or cyclic N) is 2. The van der Waals surface area contributed by atoms with Gasteiger partial charge in [-0.05, 0) is 18.2 Å². The van der Waals surface area contributed by atoms with Crippen molar-refractivity contribution in [2.45, 2.75) is 12.2 Å². The lowest BCUT2D eigenvalue weighted by atomic mass is 10.1. The van der Waals surface area contributed by atoms with Crippen LogP contribution in [0.4, 0.5) is 5.69 Å². The maximum Gasteiger partial charge on any atom is 0.106 e. The van der Waals surface area contributed by atoms with Crippen molar-refractivity contribution in [3.8, 4) is 0 Å². The first kappa shape index (κ1) is 12.8. The van der Waals surface area contributed by atoms with Crippen molar-refractivity contribution in [1.82, 2.24) is 0 Å². The van der Waals surface area contributed by atoms with Crippen molar-refractivity contribution in [1.29, 1.82) is 0 Å². The number of hydrogen-bond acceptors (Lipinski definition) is 4. The minimum absolute atomic E-state index is 0.303. The van der Waals surface area contributed by atoms with E-state index in [2.05, 4.69) is 15.9 Å². The summed E-state index contributed by atoms with van der Waals surface area (Å²) in [5.41, 5.74) is 7.27. The van der Waals surface area contributed by atoms with Crippen molar-refractivity contribution in [3.63, 3.8) is 0 Å². The van der Waals surface area contributed by atoms with E-state index in [1.807, 2.05) is 23.1 Å². The number of thiocarbonyl (C=S) groups is 1. The number of hydrogen-bond donors (Lipinski definition) is 3. The van der Waals surface area contributed by atoms with Gasteiger partial charge in [-0.3, -0.25) is 0 Å². The molecule has 4 nitrogen and oxygen atoms in total. The van der Waals surface area contributed by atoms with Crippen molar-refractivity contribution in [2.24, 2.45) is 5.73 Å². The Kier molecular flexibility index (Phi) is 3.67. The third-order valence-corrected chi connectivity index (χ3v) is 3.54. The Balaban J connectivity index is 2.36. The highest BCUT2D eigenvalue weighted by Crippen LogP contribution is 2.27. The summed E-state index contributed by atoms with van der Waals surface area (Å²) in [5, 5.41) is 19.1. The van der Waals surface area contributed by atoms with E-state index in [0.29, 0.717) is 18.1 Å². The maximum absolute atomic E-state index is 9.55. The molecule has 92 valence electrons. The summed E-state index contributed by atoms with van der Waals surface area (Å²) in [6, 6.07) is 5.60. The van der Waals surface area contributed by atoms with Gasteiger partial charge in [0.1, 0.15) is 4.99 Å². The van der Waals surface area contributed by atoms with Gasteiger partial charge < -0.3 is 20.8 Å². The van der Waals surface area contributed by atoms with E-state index >= 15 is 0 Å². The third-order valence-electron chi connectivity index (χ3n) is 2.82. The molecule has 0 amide bonds. The molecule has 1 aromatic rings. The highest BCUT2D eigenvalue weighted by Gasteiger charge is 2.30. The summed E-state index contributed by atoms with van der Waals surface area (Å²) in [6.07, 6.45) is -1.45. The second kappa shape index (κ2) is 4.89. The minimum Gasteiger partial charge on any atom is -0.389 e. The van der Waals surface area contributed by atoms with Gasteiger partial charge in [0.05, 0.1) is 12.2 Å². The number of aliphatic hydroxyl groups is 2. The first-order valence-corrected chi connectivity index (χ1v) is 6.39. The summed E-state index contributed by atoms with van der Waals surface area (Å²) in [7, 11) is 0. The summed E-state index contributed by atoms with van der Waals surface area (Å²) in [6.45, 7) is 0.775. The molecule has 17 heavy (non-hydrogen) atoms. The van der Waals surface area contributed by atoms with Crippen LogP contribution in [0.15, 0.2) is 22.7 Å². The molecule has 0 aliphatic carbocycles. The highest BCUT2D eigenvalue weighted by molar-refractivity contribution is 9.10. The molecule has 0 saturated carbocycles. The Morgan fingerprint density at radius 3 is 2.47 bits per heavy atom. The number of halogens is 1. The standard InChI is InChI=1S/C11H13BrN2O2S/c12-6-1-2-8(7(3-6)11(13)17)14-4-9(15)10(16)5-14/h1-3,9-10,15-16H,4-5H2,(H2,13,17). The van der Waals surface area contributed by atoms with Gasteiger partial charge in [0.15, 0.2) is 0 Å². The van der Waals surface area contributed by atoms with E-state index in [4.69, 9.17) is 18.0 Å². The number of aliphatic hydroxyl groups excluding tert-OH is 2. The molecule has 0 aromatic heterocycles. The van der Waals surface area contributed by atoms with Crippen LogP contribution in [0.25, 0.3) is 0 Å². The Bertz CT molecular complexity index is 445. The van der Waals surface area contributed by atoms with Gasteiger partial charge in [0, 0.05) is 28.8 Å². The van der Waals surface area contributed by atoms with E-state index in [1.165, 1.54) is 0 Å². The van der Waals surface area contributed by atoms with Crippen LogP contribution in [0.3, 0.4) is 0 Å². The van der Waals surface area contributed by atoms with E-state index in [1.54, 1.807) is 0 Å². The normalized spacial score (nSPS) is 24.1. The third kappa shape index (κ3) is 2.60. The fraction of sp³-hybridized carbons (Fsp3) is 0.364. The Morgan fingerprint density at radius 1 is 1.35 bits per heavy atom. The topological polar surface area (TPSA) is 69.7 Å². The Morgan fingerprint density at radius 2 is 1.94 bits per heavy atom. The molecule has 2 atom stereocenters. The van der Waals surface area contributed by atoms with Gasteiger partial charge in [-0.1, -0.05) is 28.1 Å². The Labute approximate surface area is 113 Å². The van der Waals surface area contributed by atoms with Crippen LogP contribution in [-0.4, -0.2) is 40.5 Å². The molecule has 0 bridgehead atoms. The van der Waals surface area contributed by atoms with Crippen LogP contribution >= 0.6 is 28.1 Å².